The molecule has 0 atom stereocenters. The van der Waals surface area contributed by atoms with Crippen molar-refractivity contribution in [2.75, 3.05) is 10.8 Å². The second kappa shape index (κ2) is 11.2. The number of carbonyl (C=O) groups is 1. The van der Waals surface area contributed by atoms with Crippen LogP contribution in [0.5, 0.6) is 0 Å². The number of nitrogens with zero attached hydrogens (tertiary/aromatic N) is 2. The van der Waals surface area contributed by atoms with Crippen molar-refractivity contribution in [1.82, 2.24) is 4.90 Å². The molecule has 0 spiro atoms. The Hall–Kier alpha value is -3.90. The van der Waals surface area contributed by atoms with Crippen LogP contribution in [0.3, 0.4) is 0 Å². The Bertz CT molecular complexity index is 1360. The number of aryl methyl sites for hydroxylation is 2. The molecule has 0 radical (unpaired) electrons. The summed E-state index contributed by atoms with van der Waals surface area (Å²) in [5, 5.41) is 0. The molecule has 0 aliphatic rings. The average molecular weight is 499 g/mol. The first-order valence-electron chi connectivity index (χ1n) is 11.9. The maximum absolute atomic E-state index is 13.8. The average Bonchev–Trinajstić information content (AvgIpc) is 2.89. The fourth-order valence-corrected chi connectivity index (χ4v) is 5.52. The molecule has 4 aromatic rings. The van der Waals surface area contributed by atoms with Crippen LogP contribution in [0.1, 0.15) is 22.3 Å². The number of carbonyl (C=O) groups excluding carboxylic acids is 1. The van der Waals surface area contributed by atoms with Crippen molar-refractivity contribution in [1.29, 1.82) is 0 Å². The summed E-state index contributed by atoms with van der Waals surface area (Å²) in [4.78, 5) is 15.7. The van der Waals surface area contributed by atoms with Gasteiger partial charge in [0, 0.05) is 13.1 Å². The van der Waals surface area contributed by atoms with Crippen LogP contribution < -0.4 is 4.31 Å². The van der Waals surface area contributed by atoms with E-state index in [1.807, 2.05) is 86.6 Å². The fraction of sp³-hybridized carbons (Fsp3) is 0.167. The topological polar surface area (TPSA) is 57.7 Å². The van der Waals surface area contributed by atoms with E-state index in [0.29, 0.717) is 18.8 Å². The summed E-state index contributed by atoms with van der Waals surface area (Å²) in [5.74, 6) is -0.276. The molecule has 6 heteroatoms. The van der Waals surface area contributed by atoms with E-state index in [9.17, 15) is 13.2 Å². The number of amides is 1. The van der Waals surface area contributed by atoms with Crippen LogP contribution in [0.2, 0.25) is 0 Å². The van der Waals surface area contributed by atoms with Gasteiger partial charge in [0.25, 0.3) is 10.0 Å². The zero-order chi connectivity index (χ0) is 25.5. The molecule has 0 unspecified atom stereocenters. The summed E-state index contributed by atoms with van der Waals surface area (Å²) >= 11 is 0. The number of anilines is 1. The Labute approximate surface area is 213 Å². The van der Waals surface area contributed by atoms with E-state index in [1.54, 1.807) is 41.3 Å². The van der Waals surface area contributed by atoms with Crippen molar-refractivity contribution >= 4 is 21.6 Å². The van der Waals surface area contributed by atoms with E-state index >= 15 is 0 Å². The van der Waals surface area contributed by atoms with E-state index < -0.39 is 10.0 Å². The highest BCUT2D eigenvalue weighted by molar-refractivity contribution is 7.92. The Morgan fingerprint density at radius 1 is 0.667 bits per heavy atom. The molecule has 184 valence electrons. The van der Waals surface area contributed by atoms with Crippen LogP contribution in [0, 0.1) is 13.8 Å². The molecule has 0 fully saturated rings. The normalized spacial score (nSPS) is 11.2. The minimum Gasteiger partial charge on any atom is -0.332 e. The Kier molecular flexibility index (Phi) is 7.86. The molecule has 0 aliphatic heterocycles. The van der Waals surface area contributed by atoms with Gasteiger partial charge in [-0.1, -0.05) is 96.6 Å². The van der Waals surface area contributed by atoms with Crippen LogP contribution >= 0.6 is 0 Å². The molecule has 36 heavy (non-hydrogen) atoms. The highest BCUT2D eigenvalue weighted by Gasteiger charge is 2.30. The summed E-state index contributed by atoms with van der Waals surface area (Å²) in [7, 11) is -3.98. The van der Waals surface area contributed by atoms with Gasteiger partial charge in [-0.2, -0.15) is 0 Å². The van der Waals surface area contributed by atoms with Crippen LogP contribution in [0.25, 0.3) is 0 Å². The van der Waals surface area contributed by atoms with Gasteiger partial charge in [-0.3, -0.25) is 9.10 Å². The number of benzene rings is 4. The largest absolute Gasteiger partial charge is 0.332 e. The molecule has 0 saturated carbocycles. The van der Waals surface area contributed by atoms with Crippen molar-refractivity contribution in [3.8, 4) is 0 Å². The first kappa shape index (κ1) is 25.2. The molecule has 0 aromatic heterocycles. The molecule has 4 aromatic carbocycles. The molecule has 0 saturated heterocycles. The monoisotopic (exact) mass is 498 g/mol. The van der Waals surface area contributed by atoms with Crippen LogP contribution in [0.15, 0.2) is 114 Å². The number of rotatable bonds is 9. The van der Waals surface area contributed by atoms with Gasteiger partial charge in [0.2, 0.25) is 5.91 Å². The third-order valence-corrected chi connectivity index (χ3v) is 7.83. The quantitative estimate of drug-likeness (QED) is 0.296. The first-order valence-corrected chi connectivity index (χ1v) is 13.3. The van der Waals surface area contributed by atoms with Gasteiger partial charge in [0.05, 0.1) is 10.6 Å². The van der Waals surface area contributed by atoms with Gasteiger partial charge in [0.1, 0.15) is 6.54 Å². The molecule has 0 N–H and O–H groups in total. The number of hydrogen-bond donors (Lipinski definition) is 0. The molecule has 1 amide bonds. The Morgan fingerprint density at radius 2 is 1.17 bits per heavy atom. The van der Waals surface area contributed by atoms with Crippen molar-refractivity contribution in [3.05, 3.63) is 131 Å². The Balaban J connectivity index is 1.71. The summed E-state index contributed by atoms with van der Waals surface area (Å²) in [6, 6.07) is 33.4. The minimum absolute atomic E-state index is 0.154. The lowest BCUT2D eigenvalue weighted by Crippen LogP contribution is -2.43. The van der Waals surface area contributed by atoms with Gasteiger partial charge >= 0.3 is 0 Å². The number of sulfonamides is 1. The molecule has 0 heterocycles. The maximum Gasteiger partial charge on any atom is 0.264 e. The Morgan fingerprint density at radius 3 is 1.69 bits per heavy atom. The second-order valence-electron chi connectivity index (χ2n) is 8.83. The summed E-state index contributed by atoms with van der Waals surface area (Å²) in [6.45, 7) is 4.20. The highest BCUT2D eigenvalue weighted by atomic mass is 32.2. The third-order valence-electron chi connectivity index (χ3n) is 6.06. The van der Waals surface area contributed by atoms with Gasteiger partial charge in [-0.05, 0) is 48.7 Å². The van der Waals surface area contributed by atoms with Gasteiger partial charge in [-0.25, -0.2) is 8.42 Å². The van der Waals surface area contributed by atoms with E-state index in [2.05, 4.69) is 0 Å². The fourth-order valence-electron chi connectivity index (χ4n) is 4.04. The van der Waals surface area contributed by atoms with E-state index in [1.165, 1.54) is 4.31 Å². The smallest absolute Gasteiger partial charge is 0.264 e. The summed E-state index contributed by atoms with van der Waals surface area (Å²) < 4.78 is 28.9. The molecule has 0 aliphatic carbocycles. The van der Waals surface area contributed by atoms with Gasteiger partial charge in [0.15, 0.2) is 0 Å². The van der Waals surface area contributed by atoms with Gasteiger partial charge < -0.3 is 4.90 Å². The van der Waals surface area contributed by atoms with Crippen LogP contribution in [-0.4, -0.2) is 25.8 Å². The summed E-state index contributed by atoms with van der Waals surface area (Å²) in [5.41, 5.74) is 4.19. The zero-order valence-electron chi connectivity index (χ0n) is 20.5. The number of para-hydroxylation sites is 1. The minimum atomic E-state index is -3.98. The summed E-state index contributed by atoms with van der Waals surface area (Å²) in [6.07, 6.45) is 0. The second-order valence-corrected chi connectivity index (χ2v) is 10.7. The lowest BCUT2D eigenvalue weighted by molar-refractivity contribution is -0.130. The lowest BCUT2D eigenvalue weighted by atomic mass is 10.1. The zero-order valence-corrected chi connectivity index (χ0v) is 21.4. The van der Waals surface area contributed by atoms with Crippen LogP contribution in [-0.2, 0) is 27.9 Å². The van der Waals surface area contributed by atoms with Crippen molar-refractivity contribution < 1.29 is 13.2 Å². The lowest BCUT2D eigenvalue weighted by Gasteiger charge is -2.29. The maximum atomic E-state index is 13.8. The number of hydrogen-bond acceptors (Lipinski definition) is 3. The van der Waals surface area contributed by atoms with Gasteiger partial charge in [-0.15, -0.1) is 0 Å². The van der Waals surface area contributed by atoms with Crippen molar-refractivity contribution in [3.63, 3.8) is 0 Å². The molecule has 0 bridgehead atoms. The van der Waals surface area contributed by atoms with E-state index in [4.69, 9.17) is 0 Å². The van der Waals surface area contributed by atoms with Crippen molar-refractivity contribution in [2.45, 2.75) is 31.8 Å². The molecule has 5 nitrogen and oxygen atoms in total. The third kappa shape index (κ3) is 6.01. The van der Waals surface area contributed by atoms with E-state index in [0.717, 1.165) is 22.3 Å². The molecule has 4 rings (SSSR count). The molecular weight excluding hydrogens is 468 g/mol. The van der Waals surface area contributed by atoms with Crippen LogP contribution in [0.4, 0.5) is 5.69 Å². The standard InChI is InChI=1S/C30H30N2O3S/c1-24-17-19-28(20-18-24)36(34,35)32(29-16-10-9-11-25(29)2)23-30(33)31(21-26-12-5-3-6-13-26)22-27-14-7-4-8-15-27/h3-20H,21-23H2,1-2H3. The first-order chi connectivity index (χ1) is 17.3. The van der Waals surface area contributed by atoms with E-state index in [-0.39, 0.29) is 17.3 Å². The predicted octanol–water partition coefficient (Wildman–Crippen LogP) is 5.73. The molecular formula is C30H30N2O3S. The SMILES string of the molecule is Cc1ccc(S(=O)(=O)N(CC(=O)N(Cc2ccccc2)Cc2ccccc2)c2ccccc2C)cc1. The van der Waals surface area contributed by atoms with Crippen molar-refractivity contribution in [2.24, 2.45) is 0 Å². The predicted molar refractivity (Wildman–Crippen MR) is 144 cm³/mol. The highest BCUT2D eigenvalue weighted by Crippen LogP contribution is 2.27.